The van der Waals surface area contributed by atoms with Gasteiger partial charge in [0.2, 0.25) is 5.91 Å². The average Bonchev–Trinajstić information content (AvgIpc) is 2.50. The van der Waals surface area contributed by atoms with E-state index in [1.165, 1.54) is 12.8 Å². The molecule has 0 bridgehead atoms. The van der Waals surface area contributed by atoms with E-state index in [1.807, 2.05) is 6.92 Å². The highest BCUT2D eigenvalue weighted by atomic mass is 16.2. The van der Waals surface area contributed by atoms with E-state index in [4.69, 9.17) is 0 Å². The molecule has 0 aliphatic carbocycles. The fraction of sp³-hybridized carbons (Fsp3) is 0.727. The first kappa shape index (κ1) is 9.71. The van der Waals surface area contributed by atoms with Crippen LogP contribution >= 0.6 is 0 Å². The van der Waals surface area contributed by atoms with Crippen LogP contribution in [0, 0.1) is 0 Å². The molecule has 14 heavy (non-hydrogen) atoms. The van der Waals surface area contributed by atoms with E-state index in [-0.39, 0.29) is 0 Å². The largest absolute Gasteiger partial charge is 0.337 e. The molecule has 2 saturated heterocycles. The zero-order valence-electron chi connectivity index (χ0n) is 8.83. The Kier molecular flexibility index (Phi) is 2.59. The van der Waals surface area contributed by atoms with Crippen molar-refractivity contribution in [3.8, 4) is 0 Å². The summed E-state index contributed by atoms with van der Waals surface area (Å²) in [5.74, 6) is 0.306. The van der Waals surface area contributed by atoms with Gasteiger partial charge in [0.05, 0.1) is 6.54 Å². The fourth-order valence-electron chi connectivity index (χ4n) is 2.50. The van der Waals surface area contributed by atoms with Gasteiger partial charge in [0.15, 0.2) is 0 Å². The SMILES string of the molecule is C=C(C)CN1CC(=O)N2CCCC2C1. The zero-order valence-corrected chi connectivity index (χ0v) is 8.83. The summed E-state index contributed by atoms with van der Waals surface area (Å²) in [5.41, 5.74) is 1.14. The van der Waals surface area contributed by atoms with Gasteiger partial charge in [-0.2, -0.15) is 0 Å². The topological polar surface area (TPSA) is 23.6 Å². The van der Waals surface area contributed by atoms with Gasteiger partial charge in [-0.1, -0.05) is 12.2 Å². The normalized spacial score (nSPS) is 27.9. The lowest BCUT2D eigenvalue weighted by molar-refractivity contribution is -0.137. The van der Waals surface area contributed by atoms with Crippen molar-refractivity contribution in [2.75, 3.05) is 26.2 Å². The number of fused-ring (bicyclic) bond motifs is 1. The second-order valence-electron chi connectivity index (χ2n) is 4.51. The molecule has 0 N–H and O–H groups in total. The van der Waals surface area contributed by atoms with Gasteiger partial charge in [-0.15, -0.1) is 0 Å². The molecule has 2 aliphatic heterocycles. The van der Waals surface area contributed by atoms with Crippen molar-refractivity contribution in [3.05, 3.63) is 12.2 Å². The molecule has 0 aromatic rings. The van der Waals surface area contributed by atoms with Crippen LogP contribution in [0.15, 0.2) is 12.2 Å². The van der Waals surface area contributed by atoms with Gasteiger partial charge >= 0.3 is 0 Å². The molecule has 1 amide bonds. The third-order valence-electron chi connectivity index (χ3n) is 3.02. The van der Waals surface area contributed by atoms with Crippen LogP contribution in [0.5, 0.6) is 0 Å². The number of rotatable bonds is 2. The van der Waals surface area contributed by atoms with Crippen LogP contribution in [-0.4, -0.2) is 47.9 Å². The number of amides is 1. The van der Waals surface area contributed by atoms with Crippen LogP contribution in [-0.2, 0) is 4.79 Å². The van der Waals surface area contributed by atoms with Crippen molar-refractivity contribution in [1.29, 1.82) is 0 Å². The lowest BCUT2D eigenvalue weighted by atomic mass is 10.1. The maximum atomic E-state index is 11.7. The van der Waals surface area contributed by atoms with Crippen LogP contribution in [0.3, 0.4) is 0 Å². The Balaban J connectivity index is 1.98. The number of piperazine rings is 1. The lowest BCUT2D eigenvalue weighted by Gasteiger charge is -2.37. The Morgan fingerprint density at radius 1 is 1.64 bits per heavy atom. The van der Waals surface area contributed by atoms with Crippen molar-refractivity contribution in [3.63, 3.8) is 0 Å². The Morgan fingerprint density at radius 3 is 3.14 bits per heavy atom. The first-order valence-electron chi connectivity index (χ1n) is 5.33. The third-order valence-corrected chi connectivity index (χ3v) is 3.02. The van der Waals surface area contributed by atoms with E-state index >= 15 is 0 Å². The molecule has 1 atom stereocenters. The summed E-state index contributed by atoms with van der Waals surface area (Å²) < 4.78 is 0. The Hall–Kier alpha value is -0.830. The molecule has 0 radical (unpaired) electrons. The van der Waals surface area contributed by atoms with E-state index < -0.39 is 0 Å². The maximum Gasteiger partial charge on any atom is 0.237 e. The van der Waals surface area contributed by atoms with Crippen molar-refractivity contribution in [2.45, 2.75) is 25.8 Å². The molecule has 3 nitrogen and oxygen atoms in total. The molecule has 0 aromatic carbocycles. The van der Waals surface area contributed by atoms with Crippen molar-refractivity contribution in [1.82, 2.24) is 9.80 Å². The van der Waals surface area contributed by atoms with Gasteiger partial charge in [-0.25, -0.2) is 0 Å². The number of carbonyl (C=O) groups excluding carboxylic acids is 1. The van der Waals surface area contributed by atoms with Crippen molar-refractivity contribution >= 4 is 5.91 Å². The second kappa shape index (κ2) is 3.73. The molecule has 78 valence electrons. The van der Waals surface area contributed by atoms with Crippen molar-refractivity contribution < 1.29 is 4.79 Å². The van der Waals surface area contributed by atoms with Crippen LogP contribution in [0.4, 0.5) is 0 Å². The highest BCUT2D eigenvalue weighted by Crippen LogP contribution is 2.22. The minimum absolute atomic E-state index is 0.306. The summed E-state index contributed by atoms with van der Waals surface area (Å²) in [6.07, 6.45) is 2.36. The highest BCUT2D eigenvalue weighted by molar-refractivity contribution is 5.79. The molecular formula is C11H18N2O. The Morgan fingerprint density at radius 2 is 2.43 bits per heavy atom. The van der Waals surface area contributed by atoms with E-state index in [0.717, 1.165) is 25.2 Å². The zero-order chi connectivity index (χ0) is 10.1. The molecule has 2 rings (SSSR count). The number of nitrogens with zero attached hydrogens (tertiary/aromatic N) is 2. The van der Waals surface area contributed by atoms with Crippen molar-refractivity contribution in [2.24, 2.45) is 0 Å². The fourth-order valence-corrected chi connectivity index (χ4v) is 2.50. The minimum Gasteiger partial charge on any atom is -0.337 e. The molecule has 3 heteroatoms. The summed E-state index contributed by atoms with van der Waals surface area (Å²) in [6.45, 7) is 9.39. The molecule has 2 fully saturated rings. The first-order valence-corrected chi connectivity index (χ1v) is 5.33. The number of carbonyl (C=O) groups is 1. The molecule has 0 saturated carbocycles. The first-order chi connectivity index (χ1) is 6.66. The Labute approximate surface area is 85.4 Å². The van der Waals surface area contributed by atoms with Crippen LogP contribution in [0.1, 0.15) is 19.8 Å². The van der Waals surface area contributed by atoms with Gasteiger partial charge in [0, 0.05) is 25.7 Å². The lowest BCUT2D eigenvalue weighted by Crippen LogP contribution is -2.53. The van der Waals surface area contributed by atoms with E-state index in [2.05, 4.69) is 16.4 Å². The van der Waals surface area contributed by atoms with Gasteiger partial charge in [0.1, 0.15) is 0 Å². The molecule has 1 unspecified atom stereocenters. The number of hydrogen-bond donors (Lipinski definition) is 0. The average molecular weight is 194 g/mol. The monoisotopic (exact) mass is 194 g/mol. The van der Waals surface area contributed by atoms with Gasteiger partial charge in [0.25, 0.3) is 0 Å². The summed E-state index contributed by atoms with van der Waals surface area (Å²) in [6, 6.07) is 0.482. The molecule has 2 heterocycles. The van der Waals surface area contributed by atoms with Crippen LogP contribution < -0.4 is 0 Å². The predicted octanol–water partition coefficient (Wildman–Crippen LogP) is 0.869. The Bertz CT molecular complexity index is 262. The van der Waals surface area contributed by atoms with E-state index in [0.29, 0.717) is 18.5 Å². The van der Waals surface area contributed by atoms with Crippen LogP contribution in [0.25, 0.3) is 0 Å². The van der Waals surface area contributed by atoms with E-state index in [9.17, 15) is 4.79 Å². The molecule has 0 aromatic heterocycles. The quantitative estimate of drug-likeness (QED) is 0.609. The number of hydrogen-bond acceptors (Lipinski definition) is 2. The smallest absolute Gasteiger partial charge is 0.237 e. The van der Waals surface area contributed by atoms with Gasteiger partial charge < -0.3 is 4.90 Å². The second-order valence-corrected chi connectivity index (χ2v) is 4.51. The third kappa shape index (κ3) is 1.82. The summed E-state index contributed by atoms with van der Waals surface area (Å²) in [4.78, 5) is 16.0. The molecule has 2 aliphatic rings. The summed E-state index contributed by atoms with van der Waals surface area (Å²) in [5, 5.41) is 0. The molecular weight excluding hydrogens is 176 g/mol. The van der Waals surface area contributed by atoms with Crippen LogP contribution in [0.2, 0.25) is 0 Å². The van der Waals surface area contributed by atoms with E-state index in [1.54, 1.807) is 0 Å². The standard InChI is InChI=1S/C11H18N2O/c1-9(2)6-12-7-10-4-3-5-13(10)11(14)8-12/h10H,1,3-8H2,2H3. The maximum absolute atomic E-state index is 11.7. The predicted molar refractivity (Wildman–Crippen MR) is 56.0 cm³/mol. The minimum atomic E-state index is 0.306. The summed E-state index contributed by atoms with van der Waals surface area (Å²) >= 11 is 0. The van der Waals surface area contributed by atoms with Gasteiger partial charge in [-0.05, 0) is 19.8 Å². The highest BCUT2D eigenvalue weighted by Gasteiger charge is 2.35. The molecule has 0 spiro atoms. The summed E-state index contributed by atoms with van der Waals surface area (Å²) in [7, 11) is 0. The van der Waals surface area contributed by atoms with Gasteiger partial charge in [-0.3, -0.25) is 9.69 Å².